The molecule has 0 aliphatic heterocycles. The first-order valence-electron chi connectivity index (χ1n) is 7.68. The fourth-order valence-corrected chi connectivity index (χ4v) is 2.37. The Bertz CT molecular complexity index is 561. The van der Waals surface area contributed by atoms with Gasteiger partial charge in [0, 0.05) is 6.04 Å². The van der Waals surface area contributed by atoms with Crippen LogP contribution in [-0.2, 0) is 16.0 Å². The average molecular weight is 339 g/mol. The lowest BCUT2D eigenvalue weighted by atomic mass is 10.1. The first kappa shape index (κ1) is 19.6. The number of carbonyl (C=O) groups excluding carboxylic acids is 1. The number of carboxylic acid groups (broad SMARTS) is 1. The first-order valence-corrected chi connectivity index (χ1v) is 7.68. The van der Waals surface area contributed by atoms with Gasteiger partial charge in [-0.3, -0.25) is 9.59 Å². The molecule has 0 fully saturated rings. The molecule has 0 saturated heterocycles. The summed E-state index contributed by atoms with van der Waals surface area (Å²) in [5.41, 5.74) is 0.660. The van der Waals surface area contributed by atoms with Crippen LogP contribution in [0.1, 0.15) is 25.8 Å². The van der Waals surface area contributed by atoms with E-state index < -0.39 is 5.97 Å². The molecular weight excluding hydrogens is 314 g/mol. The van der Waals surface area contributed by atoms with Gasteiger partial charge in [-0.15, -0.1) is 0 Å². The molecule has 1 N–H and O–H groups in total. The number of rotatable bonds is 9. The van der Waals surface area contributed by atoms with E-state index in [2.05, 4.69) is 0 Å². The molecule has 0 aliphatic rings. The summed E-state index contributed by atoms with van der Waals surface area (Å²) in [4.78, 5) is 24.9. The topological polar surface area (TPSA) is 85.3 Å². The Morgan fingerprint density at radius 2 is 1.67 bits per heavy atom. The third-order valence-corrected chi connectivity index (χ3v) is 3.83. The predicted octanol–water partition coefficient (Wildman–Crippen LogP) is 1.97. The van der Waals surface area contributed by atoms with Crippen LogP contribution in [0.4, 0.5) is 0 Å². The van der Waals surface area contributed by atoms with Crippen molar-refractivity contribution in [2.75, 3.05) is 27.9 Å². The Morgan fingerprint density at radius 3 is 2.04 bits per heavy atom. The number of ether oxygens (including phenoxy) is 3. The molecule has 0 radical (unpaired) electrons. The molecule has 1 atom stereocenters. The van der Waals surface area contributed by atoms with Gasteiger partial charge in [0.1, 0.15) is 6.54 Å². The summed E-state index contributed by atoms with van der Waals surface area (Å²) in [5, 5.41) is 9.03. The van der Waals surface area contributed by atoms with E-state index in [1.165, 1.54) is 26.2 Å². The SMILES string of the molecule is CCC(C)N(CC(=O)O)C(=O)Cc1cc(OC)c(OC)c(OC)c1. The molecule has 24 heavy (non-hydrogen) atoms. The molecule has 0 aliphatic carbocycles. The molecule has 1 rings (SSSR count). The number of carbonyl (C=O) groups is 2. The van der Waals surface area contributed by atoms with Crippen LogP contribution < -0.4 is 14.2 Å². The maximum Gasteiger partial charge on any atom is 0.323 e. The highest BCUT2D eigenvalue weighted by Gasteiger charge is 2.23. The lowest BCUT2D eigenvalue weighted by Gasteiger charge is -2.27. The van der Waals surface area contributed by atoms with Crippen LogP contribution in [0.15, 0.2) is 12.1 Å². The molecule has 1 unspecified atom stereocenters. The second-order valence-corrected chi connectivity index (χ2v) is 5.38. The zero-order valence-electron chi connectivity index (χ0n) is 14.8. The Kier molecular flexibility index (Phi) is 7.35. The summed E-state index contributed by atoms with van der Waals surface area (Å²) in [6, 6.07) is 3.22. The smallest absolute Gasteiger partial charge is 0.323 e. The van der Waals surface area contributed by atoms with Crippen LogP contribution in [0.5, 0.6) is 17.2 Å². The normalized spacial score (nSPS) is 11.5. The third kappa shape index (κ3) is 4.78. The largest absolute Gasteiger partial charge is 0.493 e. The number of hydrogen-bond acceptors (Lipinski definition) is 5. The van der Waals surface area contributed by atoms with Gasteiger partial charge < -0.3 is 24.2 Å². The van der Waals surface area contributed by atoms with Crippen LogP contribution in [0.25, 0.3) is 0 Å². The number of carboxylic acids is 1. The van der Waals surface area contributed by atoms with Gasteiger partial charge in [0.2, 0.25) is 11.7 Å². The number of nitrogens with zero attached hydrogens (tertiary/aromatic N) is 1. The van der Waals surface area contributed by atoms with Crippen LogP contribution in [0.2, 0.25) is 0 Å². The van der Waals surface area contributed by atoms with Crippen molar-refractivity contribution in [3.8, 4) is 17.2 Å². The number of benzene rings is 1. The van der Waals surface area contributed by atoms with Crippen molar-refractivity contribution < 1.29 is 28.9 Å². The van der Waals surface area contributed by atoms with Gasteiger partial charge in [-0.25, -0.2) is 0 Å². The van der Waals surface area contributed by atoms with Crippen molar-refractivity contribution in [1.82, 2.24) is 4.90 Å². The van der Waals surface area contributed by atoms with E-state index >= 15 is 0 Å². The minimum Gasteiger partial charge on any atom is -0.493 e. The van der Waals surface area contributed by atoms with Crippen molar-refractivity contribution in [3.05, 3.63) is 17.7 Å². The summed E-state index contributed by atoms with van der Waals surface area (Å²) in [6.45, 7) is 3.42. The summed E-state index contributed by atoms with van der Waals surface area (Å²) < 4.78 is 15.8. The minimum atomic E-state index is -1.03. The van der Waals surface area contributed by atoms with E-state index in [1.54, 1.807) is 12.1 Å². The Balaban J connectivity index is 3.09. The third-order valence-electron chi connectivity index (χ3n) is 3.83. The van der Waals surface area contributed by atoms with Crippen molar-refractivity contribution in [2.24, 2.45) is 0 Å². The van der Waals surface area contributed by atoms with E-state index in [1.807, 2.05) is 13.8 Å². The minimum absolute atomic E-state index is 0.0499. The summed E-state index contributed by atoms with van der Waals surface area (Å²) in [5.74, 6) is 0.0519. The summed E-state index contributed by atoms with van der Waals surface area (Å²) >= 11 is 0. The lowest BCUT2D eigenvalue weighted by molar-refractivity contribution is -0.145. The molecule has 1 aromatic rings. The van der Waals surface area contributed by atoms with Gasteiger partial charge >= 0.3 is 5.97 Å². The van der Waals surface area contributed by atoms with Gasteiger partial charge in [0.25, 0.3) is 0 Å². The van der Waals surface area contributed by atoms with Crippen LogP contribution in [-0.4, -0.2) is 55.8 Å². The second-order valence-electron chi connectivity index (χ2n) is 5.38. The molecule has 1 amide bonds. The van der Waals surface area contributed by atoms with E-state index in [4.69, 9.17) is 19.3 Å². The monoisotopic (exact) mass is 339 g/mol. The van der Waals surface area contributed by atoms with Crippen molar-refractivity contribution in [2.45, 2.75) is 32.7 Å². The zero-order chi connectivity index (χ0) is 18.3. The van der Waals surface area contributed by atoms with Crippen LogP contribution >= 0.6 is 0 Å². The standard InChI is InChI=1S/C17H25NO6/c1-6-11(2)18(10-16(20)21)15(19)9-12-7-13(22-3)17(24-5)14(8-12)23-4/h7-8,11H,6,9-10H2,1-5H3,(H,20,21). The molecule has 0 spiro atoms. The fourth-order valence-electron chi connectivity index (χ4n) is 2.37. The highest BCUT2D eigenvalue weighted by atomic mass is 16.5. The van der Waals surface area contributed by atoms with Gasteiger partial charge in [-0.2, -0.15) is 0 Å². The van der Waals surface area contributed by atoms with E-state index in [0.29, 0.717) is 29.2 Å². The number of aliphatic carboxylic acids is 1. The van der Waals surface area contributed by atoms with Crippen LogP contribution in [0, 0.1) is 0 Å². The van der Waals surface area contributed by atoms with E-state index in [9.17, 15) is 9.59 Å². The molecule has 0 saturated carbocycles. The fraction of sp³-hybridized carbons (Fsp3) is 0.529. The number of amides is 1. The average Bonchev–Trinajstić information content (AvgIpc) is 2.57. The number of hydrogen-bond donors (Lipinski definition) is 1. The molecule has 1 aromatic carbocycles. The highest BCUT2D eigenvalue weighted by molar-refractivity contribution is 5.83. The molecule has 7 nitrogen and oxygen atoms in total. The maximum atomic E-state index is 12.6. The highest BCUT2D eigenvalue weighted by Crippen LogP contribution is 2.38. The first-order chi connectivity index (χ1) is 11.4. The van der Waals surface area contributed by atoms with E-state index in [-0.39, 0.29) is 24.9 Å². The van der Waals surface area contributed by atoms with Gasteiger partial charge in [-0.1, -0.05) is 6.92 Å². The Labute approximate surface area is 142 Å². The predicted molar refractivity (Wildman–Crippen MR) is 88.9 cm³/mol. The Morgan fingerprint density at radius 1 is 1.12 bits per heavy atom. The molecule has 134 valence electrons. The van der Waals surface area contributed by atoms with Crippen molar-refractivity contribution >= 4 is 11.9 Å². The molecule has 0 bridgehead atoms. The molecular formula is C17H25NO6. The summed E-state index contributed by atoms with van der Waals surface area (Å²) in [6.07, 6.45) is 0.725. The van der Waals surface area contributed by atoms with Gasteiger partial charge in [0.05, 0.1) is 27.8 Å². The van der Waals surface area contributed by atoms with Crippen LogP contribution in [0.3, 0.4) is 0 Å². The van der Waals surface area contributed by atoms with Crippen molar-refractivity contribution in [3.63, 3.8) is 0 Å². The second kappa shape index (κ2) is 9.00. The van der Waals surface area contributed by atoms with Gasteiger partial charge in [0.15, 0.2) is 11.5 Å². The summed E-state index contributed by atoms with van der Waals surface area (Å²) in [7, 11) is 4.50. The molecule has 0 heterocycles. The number of methoxy groups -OCH3 is 3. The quantitative estimate of drug-likeness (QED) is 0.740. The van der Waals surface area contributed by atoms with Gasteiger partial charge in [-0.05, 0) is 31.0 Å². The molecule has 7 heteroatoms. The Hall–Kier alpha value is -2.44. The zero-order valence-corrected chi connectivity index (χ0v) is 14.8. The van der Waals surface area contributed by atoms with Crippen molar-refractivity contribution in [1.29, 1.82) is 0 Å². The molecule has 0 aromatic heterocycles. The maximum absolute atomic E-state index is 12.6. The van der Waals surface area contributed by atoms with E-state index in [0.717, 1.165) is 0 Å². The lowest BCUT2D eigenvalue weighted by Crippen LogP contribution is -2.42.